The molecule has 3 N–H and O–H groups in total. The summed E-state index contributed by atoms with van der Waals surface area (Å²) >= 11 is 0. The predicted octanol–water partition coefficient (Wildman–Crippen LogP) is 2.91. The summed E-state index contributed by atoms with van der Waals surface area (Å²) in [7, 11) is 0. The zero-order valence-electron chi connectivity index (χ0n) is 14.2. The Morgan fingerprint density at radius 2 is 1.76 bits per heavy atom. The van der Waals surface area contributed by atoms with E-state index in [1.165, 1.54) is 6.92 Å². The van der Waals surface area contributed by atoms with Crippen LogP contribution in [0.1, 0.15) is 25.3 Å². The second kappa shape index (κ2) is 7.35. The fourth-order valence-corrected chi connectivity index (χ4v) is 2.92. The summed E-state index contributed by atoms with van der Waals surface area (Å²) < 4.78 is 5.75. The standard InChI is InChI=1S/C20H23NO4/c1-20(19(23)21-24,18(22)17-11-12-17)25-13-14-7-9-16(10-8-14)15-5-3-2-4-6-15/h2-10,17-18,22,24H,11-13H2,1H3,(H,21,23)/t18-,20+/m1/s1. The van der Waals surface area contributed by atoms with E-state index in [1.807, 2.05) is 54.6 Å². The molecule has 5 nitrogen and oxygen atoms in total. The van der Waals surface area contributed by atoms with Gasteiger partial charge in [0.15, 0.2) is 5.60 Å². The highest BCUT2D eigenvalue weighted by Crippen LogP contribution is 2.39. The summed E-state index contributed by atoms with van der Waals surface area (Å²) in [5.41, 5.74) is 3.25. The Bertz CT molecular complexity index is 712. The molecular formula is C20H23NO4. The minimum atomic E-state index is -1.48. The van der Waals surface area contributed by atoms with Gasteiger partial charge in [-0.15, -0.1) is 0 Å². The number of carbonyl (C=O) groups is 1. The number of rotatable bonds is 7. The molecule has 0 aromatic heterocycles. The monoisotopic (exact) mass is 341 g/mol. The van der Waals surface area contributed by atoms with E-state index in [0.29, 0.717) is 0 Å². The number of aliphatic hydroxyl groups excluding tert-OH is 1. The van der Waals surface area contributed by atoms with E-state index in [9.17, 15) is 9.90 Å². The van der Waals surface area contributed by atoms with Gasteiger partial charge in [0, 0.05) is 0 Å². The number of aliphatic hydroxyl groups is 1. The van der Waals surface area contributed by atoms with Gasteiger partial charge in [-0.05, 0) is 42.4 Å². The topological polar surface area (TPSA) is 78.8 Å². The number of amides is 1. The van der Waals surface area contributed by atoms with Crippen LogP contribution in [0.4, 0.5) is 0 Å². The molecule has 0 spiro atoms. The van der Waals surface area contributed by atoms with Crippen molar-refractivity contribution in [2.24, 2.45) is 5.92 Å². The molecule has 25 heavy (non-hydrogen) atoms. The van der Waals surface area contributed by atoms with Gasteiger partial charge in [-0.2, -0.15) is 0 Å². The van der Waals surface area contributed by atoms with Crippen molar-refractivity contribution in [3.63, 3.8) is 0 Å². The average Bonchev–Trinajstić information content (AvgIpc) is 3.51. The Hall–Kier alpha value is -2.21. The van der Waals surface area contributed by atoms with Gasteiger partial charge in [-0.1, -0.05) is 54.6 Å². The largest absolute Gasteiger partial charge is 0.389 e. The van der Waals surface area contributed by atoms with Gasteiger partial charge in [0.05, 0.1) is 12.7 Å². The van der Waals surface area contributed by atoms with Crippen LogP contribution >= 0.6 is 0 Å². The van der Waals surface area contributed by atoms with Crippen LogP contribution in [0.15, 0.2) is 54.6 Å². The zero-order valence-corrected chi connectivity index (χ0v) is 14.2. The summed E-state index contributed by atoms with van der Waals surface area (Å²) in [5.74, 6) is -0.685. The van der Waals surface area contributed by atoms with Crippen molar-refractivity contribution in [2.75, 3.05) is 0 Å². The second-order valence-electron chi connectivity index (χ2n) is 6.68. The third kappa shape index (κ3) is 3.90. The lowest BCUT2D eigenvalue weighted by molar-refractivity contribution is -0.174. The maximum absolute atomic E-state index is 12.0. The Morgan fingerprint density at radius 3 is 2.32 bits per heavy atom. The molecule has 5 heteroatoms. The minimum absolute atomic E-state index is 0.0442. The Balaban J connectivity index is 1.69. The molecule has 1 saturated carbocycles. The smallest absolute Gasteiger partial charge is 0.277 e. The maximum atomic E-state index is 12.0. The van der Waals surface area contributed by atoms with Gasteiger partial charge < -0.3 is 9.84 Å². The minimum Gasteiger partial charge on any atom is -0.389 e. The summed E-state index contributed by atoms with van der Waals surface area (Å²) in [6, 6.07) is 17.9. The molecule has 0 bridgehead atoms. The molecule has 0 saturated heterocycles. The number of hydrogen-bond acceptors (Lipinski definition) is 4. The molecular weight excluding hydrogens is 318 g/mol. The fourth-order valence-electron chi connectivity index (χ4n) is 2.92. The maximum Gasteiger partial charge on any atom is 0.277 e. The van der Waals surface area contributed by atoms with Crippen LogP contribution < -0.4 is 5.48 Å². The first kappa shape index (κ1) is 17.6. The van der Waals surface area contributed by atoms with E-state index < -0.39 is 17.6 Å². The quantitative estimate of drug-likeness (QED) is 0.534. The number of ether oxygens (including phenoxy) is 1. The van der Waals surface area contributed by atoms with E-state index in [4.69, 9.17) is 9.94 Å². The number of hydroxylamine groups is 1. The van der Waals surface area contributed by atoms with E-state index >= 15 is 0 Å². The molecule has 2 aromatic carbocycles. The Kier molecular flexibility index (Phi) is 5.18. The van der Waals surface area contributed by atoms with Crippen molar-refractivity contribution >= 4 is 5.91 Å². The molecule has 1 fully saturated rings. The fraction of sp³-hybridized carbons (Fsp3) is 0.350. The first-order chi connectivity index (χ1) is 12.0. The number of carbonyl (C=O) groups excluding carboxylic acids is 1. The lowest BCUT2D eigenvalue weighted by Gasteiger charge is -2.32. The van der Waals surface area contributed by atoms with Crippen LogP contribution in [0.25, 0.3) is 11.1 Å². The number of nitrogens with one attached hydrogen (secondary N) is 1. The van der Waals surface area contributed by atoms with Crippen LogP contribution in [-0.4, -0.2) is 27.9 Å². The van der Waals surface area contributed by atoms with Gasteiger partial charge in [-0.25, -0.2) is 5.48 Å². The Labute approximate surface area is 147 Å². The molecule has 2 atom stereocenters. The summed E-state index contributed by atoms with van der Waals surface area (Å²) in [6.07, 6.45) is 0.790. The molecule has 3 rings (SSSR count). The molecule has 0 heterocycles. The Morgan fingerprint density at radius 1 is 1.16 bits per heavy atom. The van der Waals surface area contributed by atoms with E-state index in [0.717, 1.165) is 29.5 Å². The van der Waals surface area contributed by atoms with Crippen LogP contribution in [-0.2, 0) is 16.1 Å². The van der Waals surface area contributed by atoms with Crippen LogP contribution in [0.3, 0.4) is 0 Å². The first-order valence-electron chi connectivity index (χ1n) is 8.45. The molecule has 1 aliphatic carbocycles. The molecule has 0 unspecified atom stereocenters. The van der Waals surface area contributed by atoms with Crippen molar-refractivity contribution < 1.29 is 19.8 Å². The number of hydrogen-bond donors (Lipinski definition) is 3. The van der Waals surface area contributed by atoms with Crippen molar-refractivity contribution in [3.05, 3.63) is 60.2 Å². The molecule has 1 amide bonds. The van der Waals surface area contributed by atoms with Gasteiger partial charge in [0.25, 0.3) is 5.91 Å². The third-order valence-electron chi connectivity index (χ3n) is 4.79. The van der Waals surface area contributed by atoms with Gasteiger partial charge in [0.2, 0.25) is 0 Å². The molecule has 0 radical (unpaired) electrons. The predicted molar refractivity (Wildman–Crippen MR) is 93.7 cm³/mol. The second-order valence-corrected chi connectivity index (χ2v) is 6.68. The molecule has 0 aliphatic heterocycles. The van der Waals surface area contributed by atoms with Crippen molar-refractivity contribution in [2.45, 2.75) is 38.1 Å². The van der Waals surface area contributed by atoms with Crippen molar-refractivity contribution in [3.8, 4) is 11.1 Å². The summed E-state index contributed by atoms with van der Waals surface area (Å²) in [4.78, 5) is 12.0. The normalized spacial score (nSPS) is 17.6. The van der Waals surface area contributed by atoms with Crippen LogP contribution in [0.2, 0.25) is 0 Å². The van der Waals surface area contributed by atoms with Gasteiger partial charge in [0.1, 0.15) is 0 Å². The first-order valence-corrected chi connectivity index (χ1v) is 8.45. The molecule has 132 valence electrons. The highest BCUT2D eigenvalue weighted by atomic mass is 16.5. The van der Waals surface area contributed by atoms with Crippen LogP contribution in [0, 0.1) is 5.92 Å². The molecule has 2 aromatic rings. The van der Waals surface area contributed by atoms with Crippen LogP contribution in [0.5, 0.6) is 0 Å². The van der Waals surface area contributed by atoms with Gasteiger partial charge in [-0.3, -0.25) is 10.0 Å². The molecule has 1 aliphatic rings. The van der Waals surface area contributed by atoms with Crippen molar-refractivity contribution in [1.29, 1.82) is 0 Å². The highest BCUT2D eigenvalue weighted by molar-refractivity contribution is 5.84. The van der Waals surface area contributed by atoms with E-state index in [-0.39, 0.29) is 12.5 Å². The SMILES string of the molecule is C[C@@](OCc1ccc(-c2ccccc2)cc1)(C(=O)NO)[C@H](O)C1CC1. The zero-order chi connectivity index (χ0) is 17.9. The highest BCUT2D eigenvalue weighted by Gasteiger charge is 2.49. The van der Waals surface area contributed by atoms with Crippen molar-refractivity contribution in [1.82, 2.24) is 5.48 Å². The van der Waals surface area contributed by atoms with Gasteiger partial charge >= 0.3 is 0 Å². The van der Waals surface area contributed by atoms with E-state index in [2.05, 4.69) is 0 Å². The summed E-state index contributed by atoms with van der Waals surface area (Å²) in [6.45, 7) is 1.68. The number of benzene rings is 2. The lowest BCUT2D eigenvalue weighted by Crippen LogP contribution is -2.54. The average molecular weight is 341 g/mol. The summed E-state index contributed by atoms with van der Waals surface area (Å²) in [5, 5.41) is 19.4. The van der Waals surface area contributed by atoms with E-state index in [1.54, 1.807) is 5.48 Å². The third-order valence-corrected chi connectivity index (χ3v) is 4.79. The lowest BCUT2D eigenvalue weighted by atomic mass is 9.94.